The van der Waals surface area contributed by atoms with Crippen LogP contribution in [-0.2, 0) is 20.7 Å². The molecule has 1 aromatic rings. The number of ether oxygens (including phenoxy) is 2. The van der Waals surface area contributed by atoms with Crippen molar-refractivity contribution in [2.45, 2.75) is 51.2 Å². The smallest absolute Gasteiger partial charge is 0.325 e. The molecular formula is C18H27NO3. The molecule has 4 heteroatoms. The van der Waals surface area contributed by atoms with E-state index in [9.17, 15) is 4.79 Å². The molecule has 2 rings (SSSR count). The van der Waals surface area contributed by atoms with Crippen LogP contribution in [0.4, 0.5) is 0 Å². The lowest BCUT2D eigenvalue weighted by Crippen LogP contribution is -2.38. The lowest BCUT2D eigenvalue weighted by Gasteiger charge is -2.29. The predicted molar refractivity (Wildman–Crippen MR) is 86.5 cm³/mol. The summed E-state index contributed by atoms with van der Waals surface area (Å²) >= 11 is 0. The highest BCUT2D eigenvalue weighted by Crippen LogP contribution is 2.28. The summed E-state index contributed by atoms with van der Waals surface area (Å²) in [6, 6.07) is 9.98. The quantitative estimate of drug-likeness (QED) is 0.787. The Labute approximate surface area is 133 Å². The van der Waals surface area contributed by atoms with Gasteiger partial charge in [-0.3, -0.25) is 4.79 Å². The van der Waals surface area contributed by atoms with Gasteiger partial charge in [0.25, 0.3) is 0 Å². The van der Waals surface area contributed by atoms with E-state index in [-0.39, 0.29) is 18.7 Å². The zero-order chi connectivity index (χ0) is 15.8. The minimum atomic E-state index is -0.665. The summed E-state index contributed by atoms with van der Waals surface area (Å²) in [6.45, 7) is 2.39. The van der Waals surface area contributed by atoms with Crippen LogP contribution in [0, 0.1) is 5.92 Å². The molecule has 1 aliphatic rings. The van der Waals surface area contributed by atoms with Crippen LogP contribution in [0.15, 0.2) is 30.3 Å². The Morgan fingerprint density at radius 2 is 1.91 bits per heavy atom. The van der Waals surface area contributed by atoms with E-state index < -0.39 is 6.04 Å². The molecule has 1 saturated carbocycles. The second-order valence-electron chi connectivity index (χ2n) is 6.02. The predicted octanol–water partition coefficient (Wildman–Crippen LogP) is 2.69. The molecule has 122 valence electrons. The maximum atomic E-state index is 11.4. The molecule has 1 atom stereocenters. The van der Waals surface area contributed by atoms with Crippen LogP contribution in [0.2, 0.25) is 0 Å². The second kappa shape index (κ2) is 8.91. The Kier molecular flexibility index (Phi) is 6.87. The van der Waals surface area contributed by atoms with Crippen molar-refractivity contribution < 1.29 is 14.3 Å². The number of carbonyl (C=O) groups excluding carboxylic acids is 1. The normalized spacial score (nSPS) is 23.0. The summed E-state index contributed by atoms with van der Waals surface area (Å²) in [5, 5.41) is 0. The average molecular weight is 305 g/mol. The number of rotatable bonds is 7. The lowest BCUT2D eigenvalue weighted by atomic mass is 9.83. The standard InChI is InChI=1S/C18H27NO3/c1-2-21-18(20)17(19)13-22-16-10-8-15(9-11-16)12-14-6-4-3-5-7-14/h3-7,15-17H,2,8-13,19H2,1H3/t15?,16?,17-/m0/s1. The van der Waals surface area contributed by atoms with Gasteiger partial charge in [0.1, 0.15) is 6.04 Å². The lowest BCUT2D eigenvalue weighted by molar-refractivity contribution is -0.147. The summed E-state index contributed by atoms with van der Waals surface area (Å²) in [5.74, 6) is 0.362. The molecule has 0 amide bonds. The first kappa shape index (κ1) is 17.0. The van der Waals surface area contributed by atoms with Crippen LogP contribution in [0.5, 0.6) is 0 Å². The van der Waals surface area contributed by atoms with E-state index in [1.807, 2.05) is 0 Å². The van der Waals surface area contributed by atoms with Gasteiger partial charge in [-0.05, 0) is 50.5 Å². The second-order valence-corrected chi connectivity index (χ2v) is 6.02. The topological polar surface area (TPSA) is 61.5 Å². The number of nitrogens with two attached hydrogens (primary N) is 1. The molecule has 4 nitrogen and oxygen atoms in total. The van der Waals surface area contributed by atoms with Gasteiger partial charge in [-0.1, -0.05) is 30.3 Å². The molecule has 0 radical (unpaired) electrons. The third kappa shape index (κ3) is 5.43. The van der Waals surface area contributed by atoms with Gasteiger partial charge in [0.15, 0.2) is 0 Å². The Hall–Kier alpha value is -1.39. The molecule has 1 aliphatic carbocycles. The third-order valence-electron chi connectivity index (χ3n) is 4.26. The van der Waals surface area contributed by atoms with E-state index in [1.54, 1.807) is 6.92 Å². The zero-order valence-corrected chi connectivity index (χ0v) is 13.4. The van der Waals surface area contributed by atoms with Gasteiger partial charge in [-0.25, -0.2) is 0 Å². The number of hydrogen-bond donors (Lipinski definition) is 1. The van der Waals surface area contributed by atoms with Crippen LogP contribution in [0.3, 0.4) is 0 Å². The molecule has 0 spiro atoms. The van der Waals surface area contributed by atoms with Crippen molar-refractivity contribution in [1.82, 2.24) is 0 Å². The molecule has 0 heterocycles. The summed E-state index contributed by atoms with van der Waals surface area (Å²) in [5.41, 5.74) is 7.16. The first-order valence-electron chi connectivity index (χ1n) is 8.26. The number of carbonyl (C=O) groups is 1. The van der Waals surface area contributed by atoms with E-state index in [0.717, 1.165) is 25.2 Å². The fourth-order valence-corrected chi connectivity index (χ4v) is 3.01. The monoisotopic (exact) mass is 305 g/mol. The summed E-state index contributed by atoms with van der Waals surface area (Å²) in [7, 11) is 0. The molecule has 0 aromatic heterocycles. The zero-order valence-electron chi connectivity index (χ0n) is 13.4. The van der Waals surface area contributed by atoms with E-state index in [1.165, 1.54) is 18.4 Å². The Morgan fingerprint density at radius 3 is 2.55 bits per heavy atom. The van der Waals surface area contributed by atoms with Gasteiger partial charge in [0.2, 0.25) is 0 Å². The molecule has 22 heavy (non-hydrogen) atoms. The van der Waals surface area contributed by atoms with Crippen LogP contribution in [0.25, 0.3) is 0 Å². The highest BCUT2D eigenvalue weighted by molar-refractivity contribution is 5.75. The highest BCUT2D eigenvalue weighted by Gasteiger charge is 2.23. The van der Waals surface area contributed by atoms with E-state index in [0.29, 0.717) is 6.61 Å². The minimum Gasteiger partial charge on any atom is -0.465 e. The van der Waals surface area contributed by atoms with Crippen LogP contribution in [0.1, 0.15) is 38.2 Å². The molecule has 0 bridgehead atoms. The van der Waals surface area contributed by atoms with Gasteiger partial charge < -0.3 is 15.2 Å². The van der Waals surface area contributed by atoms with Crippen LogP contribution in [-0.4, -0.2) is 31.3 Å². The van der Waals surface area contributed by atoms with Gasteiger partial charge in [0, 0.05) is 0 Å². The summed E-state index contributed by atoms with van der Waals surface area (Å²) in [4.78, 5) is 11.4. The molecular weight excluding hydrogens is 278 g/mol. The van der Waals surface area contributed by atoms with Gasteiger partial charge in [0.05, 0.1) is 19.3 Å². The van der Waals surface area contributed by atoms with Crippen molar-refractivity contribution in [3.63, 3.8) is 0 Å². The fourth-order valence-electron chi connectivity index (χ4n) is 3.01. The van der Waals surface area contributed by atoms with Gasteiger partial charge in [-0.15, -0.1) is 0 Å². The van der Waals surface area contributed by atoms with Crippen molar-refractivity contribution >= 4 is 5.97 Å². The van der Waals surface area contributed by atoms with Crippen molar-refractivity contribution in [2.75, 3.05) is 13.2 Å². The summed E-state index contributed by atoms with van der Waals surface area (Å²) < 4.78 is 10.7. The first-order chi connectivity index (χ1) is 10.7. The maximum absolute atomic E-state index is 11.4. The van der Waals surface area contributed by atoms with Gasteiger partial charge in [-0.2, -0.15) is 0 Å². The first-order valence-corrected chi connectivity index (χ1v) is 8.26. The fraction of sp³-hybridized carbons (Fsp3) is 0.611. The third-order valence-corrected chi connectivity index (χ3v) is 4.26. The Balaban J connectivity index is 1.66. The molecule has 0 unspecified atom stereocenters. The highest BCUT2D eigenvalue weighted by atomic mass is 16.5. The van der Waals surface area contributed by atoms with Gasteiger partial charge >= 0.3 is 5.97 Å². The van der Waals surface area contributed by atoms with Crippen molar-refractivity contribution in [2.24, 2.45) is 11.7 Å². The number of benzene rings is 1. The van der Waals surface area contributed by atoms with Crippen molar-refractivity contribution in [3.8, 4) is 0 Å². The van der Waals surface area contributed by atoms with E-state index in [2.05, 4.69) is 30.3 Å². The SMILES string of the molecule is CCOC(=O)[C@@H](N)COC1CCC(Cc2ccccc2)CC1. The number of hydrogen-bond acceptors (Lipinski definition) is 4. The summed E-state index contributed by atoms with van der Waals surface area (Å²) in [6.07, 6.45) is 5.82. The molecule has 0 aliphatic heterocycles. The average Bonchev–Trinajstić information content (AvgIpc) is 2.55. The largest absolute Gasteiger partial charge is 0.465 e. The van der Waals surface area contributed by atoms with Crippen LogP contribution < -0.4 is 5.73 Å². The van der Waals surface area contributed by atoms with E-state index in [4.69, 9.17) is 15.2 Å². The van der Waals surface area contributed by atoms with Crippen molar-refractivity contribution in [3.05, 3.63) is 35.9 Å². The Bertz CT molecular complexity index is 441. The number of esters is 1. The molecule has 1 aromatic carbocycles. The van der Waals surface area contributed by atoms with Crippen molar-refractivity contribution in [1.29, 1.82) is 0 Å². The minimum absolute atomic E-state index is 0.229. The van der Waals surface area contributed by atoms with Crippen LogP contribution >= 0.6 is 0 Å². The maximum Gasteiger partial charge on any atom is 0.325 e. The molecule has 0 saturated heterocycles. The molecule has 2 N–H and O–H groups in total. The molecule has 1 fully saturated rings. The Morgan fingerprint density at radius 1 is 1.23 bits per heavy atom. The van der Waals surface area contributed by atoms with E-state index >= 15 is 0 Å².